The number of aromatic nitrogens is 2. The molecule has 21 heavy (non-hydrogen) atoms. The van der Waals surface area contributed by atoms with E-state index in [9.17, 15) is 13.6 Å². The first-order valence-electron chi connectivity index (χ1n) is 6.51. The van der Waals surface area contributed by atoms with E-state index in [1.165, 1.54) is 24.9 Å². The lowest BCUT2D eigenvalue weighted by molar-refractivity contribution is 0.0496. The van der Waals surface area contributed by atoms with Gasteiger partial charge in [0.25, 0.3) is 6.08 Å². The lowest BCUT2D eigenvalue weighted by Crippen LogP contribution is -2.10. The molecular formula is C14H18F2N2O2S. The van der Waals surface area contributed by atoms with Crippen LogP contribution in [0, 0.1) is 6.92 Å². The zero-order chi connectivity index (χ0) is 15.8. The fourth-order valence-corrected chi connectivity index (χ4v) is 1.96. The van der Waals surface area contributed by atoms with Crippen LogP contribution < -0.4 is 0 Å². The number of rotatable bonds is 7. The van der Waals surface area contributed by atoms with Gasteiger partial charge in [0.1, 0.15) is 0 Å². The van der Waals surface area contributed by atoms with Gasteiger partial charge >= 0.3 is 5.97 Å². The van der Waals surface area contributed by atoms with Gasteiger partial charge in [0.05, 0.1) is 17.9 Å². The Morgan fingerprint density at radius 2 is 2.10 bits per heavy atom. The van der Waals surface area contributed by atoms with E-state index in [1.807, 2.05) is 6.26 Å². The molecule has 0 aliphatic carbocycles. The summed E-state index contributed by atoms with van der Waals surface area (Å²) >= 11 is 1.39. The second kappa shape index (κ2) is 8.71. The zero-order valence-electron chi connectivity index (χ0n) is 12.3. The lowest BCUT2D eigenvalue weighted by Gasteiger charge is -2.07. The Hall–Kier alpha value is -1.50. The highest BCUT2D eigenvalue weighted by molar-refractivity contribution is 7.98. The van der Waals surface area contributed by atoms with Gasteiger partial charge in [0.15, 0.2) is 5.16 Å². The van der Waals surface area contributed by atoms with Crippen molar-refractivity contribution in [2.75, 3.05) is 12.9 Å². The van der Waals surface area contributed by atoms with Gasteiger partial charge in [-0.2, -0.15) is 8.78 Å². The van der Waals surface area contributed by atoms with Crippen LogP contribution >= 0.6 is 11.8 Å². The fraction of sp³-hybridized carbons (Fsp3) is 0.500. The van der Waals surface area contributed by atoms with Gasteiger partial charge in [0.2, 0.25) is 0 Å². The van der Waals surface area contributed by atoms with Crippen LogP contribution in [0.4, 0.5) is 8.78 Å². The van der Waals surface area contributed by atoms with Gasteiger partial charge in [0, 0.05) is 6.20 Å². The molecule has 116 valence electrons. The third-order valence-electron chi connectivity index (χ3n) is 2.86. The van der Waals surface area contributed by atoms with Crippen LogP contribution in [0.3, 0.4) is 0 Å². The van der Waals surface area contributed by atoms with E-state index >= 15 is 0 Å². The molecule has 0 radical (unpaired) electrons. The Bertz CT molecular complexity index is 532. The Balaban J connectivity index is 2.39. The number of hydrogen-bond acceptors (Lipinski definition) is 5. The normalized spacial score (nSPS) is 10.3. The minimum Gasteiger partial charge on any atom is -0.462 e. The summed E-state index contributed by atoms with van der Waals surface area (Å²) in [4.78, 5) is 20.0. The van der Waals surface area contributed by atoms with Crippen LogP contribution in [0.5, 0.6) is 0 Å². The van der Waals surface area contributed by atoms with Crippen molar-refractivity contribution in [1.82, 2.24) is 9.97 Å². The summed E-state index contributed by atoms with van der Waals surface area (Å²) in [6, 6.07) is 0. The quantitative estimate of drug-likeness (QED) is 0.329. The molecule has 0 aliphatic heterocycles. The minimum absolute atomic E-state index is 0.0817. The molecule has 0 fully saturated rings. The number of halogens is 2. The fourth-order valence-electron chi connectivity index (χ4n) is 1.57. The van der Waals surface area contributed by atoms with Crippen LogP contribution in [0.1, 0.15) is 42.2 Å². The molecule has 7 heteroatoms. The Labute approximate surface area is 127 Å². The average molecular weight is 316 g/mol. The predicted molar refractivity (Wildman–Crippen MR) is 77.6 cm³/mol. The van der Waals surface area contributed by atoms with Crippen molar-refractivity contribution in [3.8, 4) is 0 Å². The van der Waals surface area contributed by atoms with Crippen molar-refractivity contribution in [3.63, 3.8) is 0 Å². The maximum absolute atomic E-state index is 12.2. The first-order valence-corrected chi connectivity index (χ1v) is 7.73. The van der Waals surface area contributed by atoms with Crippen molar-refractivity contribution < 1.29 is 18.3 Å². The number of unbranched alkanes of at least 4 members (excludes halogenated alkanes) is 1. The van der Waals surface area contributed by atoms with Crippen LogP contribution in [0.25, 0.3) is 0 Å². The minimum atomic E-state index is -1.63. The summed E-state index contributed by atoms with van der Waals surface area (Å²) in [6.07, 6.45) is 3.07. The molecule has 0 aliphatic rings. The number of carbonyl (C=O) groups is 1. The second-order valence-corrected chi connectivity index (χ2v) is 5.26. The highest BCUT2D eigenvalue weighted by Gasteiger charge is 2.13. The van der Waals surface area contributed by atoms with Gasteiger partial charge in [-0.25, -0.2) is 14.8 Å². The molecule has 0 spiro atoms. The van der Waals surface area contributed by atoms with E-state index in [2.05, 4.69) is 9.97 Å². The van der Waals surface area contributed by atoms with Crippen molar-refractivity contribution in [3.05, 3.63) is 29.1 Å². The number of hydrogen-bond donors (Lipinski definition) is 0. The molecule has 0 bridgehead atoms. The average Bonchev–Trinajstić information content (AvgIpc) is 2.45. The van der Waals surface area contributed by atoms with Crippen molar-refractivity contribution in [1.29, 1.82) is 0 Å². The molecule has 0 unspecified atom stereocenters. The van der Waals surface area contributed by atoms with E-state index in [0.717, 1.165) is 0 Å². The van der Waals surface area contributed by atoms with E-state index in [4.69, 9.17) is 4.74 Å². The van der Waals surface area contributed by atoms with E-state index in [-0.39, 0.29) is 12.2 Å². The van der Waals surface area contributed by atoms with Gasteiger partial charge in [-0.1, -0.05) is 11.8 Å². The lowest BCUT2D eigenvalue weighted by atomic mass is 10.1. The second-order valence-electron chi connectivity index (χ2n) is 4.49. The topological polar surface area (TPSA) is 52.1 Å². The first kappa shape index (κ1) is 17.6. The largest absolute Gasteiger partial charge is 0.462 e. The molecule has 0 saturated carbocycles. The van der Waals surface area contributed by atoms with Crippen molar-refractivity contribution in [2.24, 2.45) is 0 Å². The van der Waals surface area contributed by atoms with Crippen LogP contribution in [0.15, 0.2) is 23.0 Å². The summed E-state index contributed by atoms with van der Waals surface area (Å²) in [6.45, 7) is 3.31. The van der Waals surface area contributed by atoms with E-state index in [0.29, 0.717) is 35.7 Å². The Morgan fingerprint density at radius 1 is 1.38 bits per heavy atom. The van der Waals surface area contributed by atoms with Crippen LogP contribution in [-0.4, -0.2) is 28.8 Å². The summed E-state index contributed by atoms with van der Waals surface area (Å²) in [5.74, 6) is -0.482. The number of esters is 1. The molecule has 1 aromatic rings. The molecule has 0 N–H and O–H groups in total. The smallest absolute Gasteiger partial charge is 0.341 e. The summed E-state index contributed by atoms with van der Waals surface area (Å²) < 4.78 is 29.4. The third-order valence-corrected chi connectivity index (χ3v) is 3.42. The Morgan fingerprint density at radius 3 is 2.67 bits per heavy atom. The summed E-state index contributed by atoms with van der Waals surface area (Å²) in [5.41, 5.74) is 0.981. The highest BCUT2D eigenvalue weighted by atomic mass is 32.2. The molecule has 0 saturated heterocycles. The molecule has 4 nitrogen and oxygen atoms in total. The van der Waals surface area contributed by atoms with Gasteiger partial charge < -0.3 is 4.74 Å². The monoisotopic (exact) mass is 316 g/mol. The van der Waals surface area contributed by atoms with E-state index < -0.39 is 12.0 Å². The molecular weight excluding hydrogens is 298 g/mol. The zero-order valence-corrected chi connectivity index (χ0v) is 13.1. The number of ether oxygens (including phenoxy) is 1. The SMILES string of the molecule is CSc1ncc(C(=O)OCCCCC(C)=C(F)F)c(C)n1. The number of thioether (sulfide) groups is 1. The predicted octanol–water partition coefficient (Wildman–Crippen LogP) is 4.00. The Kier molecular flexibility index (Phi) is 7.28. The van der Waals surface area contributed by atoms with Crippen molar-refractivity contribution >= 4 is 17.7 Å². The third kappa shape index (κ3) is 5.79. The molecule has 0 atom stereocenters. The maximum Gasteiger partial charge on any atom is 0.341 e. The van der Waals surface area contributed by atoms with E-state index in [1.54, 1.807) is 6.92 Å². The van der Waals surface area contributed by atoms with Crippen LogP contribution in [0.2, 0.25) is 0 Å². The molecule has 1 heterocycles. The van der Waals surface area contributed by atoms with Gasteiger partial charge in [-0.3, -0.25) is 0 Å². The van der Waals surface area contributed by atoms with Crippen LogP contribution in [-0.2, 0) is 4.74 Å². The summed E-state index contributed by atoms with van der Waals surface area (Å²) in [5, 5.41) is 0.597. The number of carbonyl (C=O) groups excluding carboxylic acids is 1. The number of allylic oxidation sites excluding steroid dienone is 1. The molecule has 0 aromatic carbocycles. The number of aryl methyl sites for hydroxylation is 1. The van der Waals surface area contributed by atoms with Gasteiger partial charge in [-0.05, 0) is 44.9 Å². The number of nitrogens with zero attached hydrogens (tertiary/aromatic N) is 2. The van der Waals surface area contributed by atoms with Gasteiger partial charge in [-0.15, -0.1) is 0 Å². The first-order chi connectivity index (χ1) is 9.95. The molecule has 1 rings (SSSR count). The summed E-state index contributed by atoms with van der Waals surface area (Å²) in [7, 11) is 0. The standard InChI is InChI=1S/C14H18F2N2O2S/c1-9(12(15)16)6-4-5-7-20-13(19)11-8-17-14(21-3)18-10(11)2/h8H,4-7H2,1-3H3. The van der Waals surface area contributed by atoms with Crippen molar-refractivity contribution in [2.45, 2.75) is 38.3 Å². The molecule has 0 amide bonds. The molecule has 1 aromatic heterocycles. The maximum atomic E-state index is 12.2. The highest BCUT2D eigenvalue weighted by Crippen LogP contribution is 2.15.